The summed E-state index contributed by atoms with van der Waals surface area (Å²) in [5.74, 6) is 0.584. The van der Waals surface area contributed by atoms with Crippen LogP contribution in [-0.4, -0.2) is 24.5 Å². The van der Waals surface area contributed by atoms with Gasteiger partial charge in [0.15, 0.2) is 5.58 Å². The molecule has 6 nitrogen and oxygen atoms in total. The summed E-state index contributed by atoms with van der Waals surface area (Å²) in [5.41, 5.74) is 12.1. The molecule has 0 saturated carbocycles. The largest absolute Gasteiger partial charge is 0.436 e. The van der Waals surface area contributed by atoms with Crippen LogP contribution in [0.3, 0.4) is 0 Å². The molecular weight excluding hydrogens is 566 g/mol. The molecule has 0 aliphatic carbocycles. The monoisotopic (exact) mass is 591 g/mol. The van der Waals surface area contributed by atoms with Crippen LogP contribution in [0.5, 0.6) is 0 Å². The van der Waals surface area contributed by atoms with Gasteiger partial charge in [-0.1, -0.05) is 36.4 Å². The second kappa shape index (κ2) is 10.6. The van der Waals surface area contributed by atoms with Crippen LogP contribution in [-0.2, 0) is 0 Å². The minimum atomic E-state index is 0.584. The topological polar surface area (TPSA) is 69.6 Å². The summed E-state index contributed by atoms with van der Waals surface area (Å²) in [6, 6.07) is 41.8. The Morgan fingerprint density at radius 3 is 2.02 bits per heavy atom. The van der Waals surface area contributed by atoms with Crippen molar-refractivity contribution in [1.82, 2.24) is 24.5 Å². The third-order valence-electron chi connectivity index (χ3n) is 8.49. The van der Waals surface area contributed by atoms with E-state index in [4.69, 9.17) is 9.40 Å². The maximum Gasteiger partial charge on any atom is 0.227 e. The highest BCUT2D eigenvalue weighted by Gasteiger charge is 2.17. The Labute approximate surface area is 264 Å². The van der Waals surface area contributed by atoms with Gasteiger partial charge in [0, 0.05) is 58.6 Å². The molecule has 216 valence electrons. The predicted octanol–water partition coefficient (Wildman–Crippen LogP) is 9.78. The van der Waals surface area contributed by atoms with Crippen molar-refractivity contribution in [2.45, 2.75) is 0 Å². The zero-order valence-corrected chi connectivity index (χ0v) is 24.6. The van der Waals surface area contributed by atoms with Crippen LogP contribution in [0.25, 0.3) is 83.6 Å². The van der Waals surface area contributed by atoms with Gasteiger partial charge in [0.1, 0.15) is 5.52 Å². The van der Waals surface area contributed by atoms with Gasteiger partial charge in [0.05, 0.1) is 16.7 Å². The Balaban J connectivity index is 1.24. The molecule has 9 aromatic rings. The lowest BCUT2D eigenvalue weighted by atomic mass is 10.0. The van der Waals surface area contributed by atoms with E-state index in [1.54, 1.807) is 12.4 Å². The van der Waals surface area contributed by atoms with Gasteiger partial charge < -0.3 is 8.98 Å². The fourth-order valence-corrected chi connectivity index (χ4v) is 6.27. The summed E-state index contributed by atoms with van der Waals surface area (Å²) in [6.45, 7) is 0. The van der Waals surface area contributed by atoms with Crippen molar-refractivity contribution < 1.29 is 4.42 Å². The molecule has 0 radical (unpaired) electrons. The standard InChI is InChI=1S/C40H25N5O/c1-2-17-43-35(6-1)30-4-3-5-32(22-30)45-37-11-8-28(26-13-18-41-19-14-26)23-34(37)33-10-7-31(25-38(33)45)40-44-36-24-29(9-12-39(36)46-40)27-15-20-42-21-16-27/h1-25H. The van der Waals surface area contributed by atoms with E-state index >= 15 is 0 Å². The fraction of sp³-hybridized carbons (Fsp3) is 0. The normalized spacial score (nSPS) is 11.5. The third kappa shape index (κ3) is 4.43. The average molecular weight is 592 g/mol. The average Bonchev–Trinajstić information content (AvgIpc) is 3.71. The Morgan fingerprint density at radius 1 is 0.478 bits per heavy atom. The molecule has 0 saturated heterocycles. The van der Waals surface area contributed by atoms with E-state index < -0.39 is 0 Å². The molecule has 0 fully saturated rings. The van der Waals surface area contributed by atoms with Crippen molar-refractivity contribution in [2.24, 2.45) is 0 Å². The first-order chi connectivity index (χ1) is 22.8. The minimum absolute atomic E-state index is 0.584. The zero-order valence-electron chi connectivity index (χ0n) is 24.6. The maximum absolute atomic E-state index is 6.32. The van der Waals surface area contributed by atoms with Crippen molar-refractivity contribution in [1.29, 1.82) is 0 Å². The van der Waals surface area contributed by atoms with Crippen molar-refractivity contribution in [3.8, 4) is 50.7 Å². The summed E-state index contributed by atoms with van der Waals surface area (Å²) in [7, 11) is 0. The highest BCUT2D eigenvalue weighted by Crippen LogP contribution is 2.38. The number of fused-ring (bicyclic) bond motifs is 4. The number of pyridine rings is 3. The zero-order chi connectivity index (χ0) is 30.5. The molecule has 4 aromatic carbocycles. The summed E-state index contributed by atoms with van der Waals surface area (Å²) in [4.78, 5) is 17.9. The van der Waals surface area contributed by atoms with Gasteiger partial charge >= 0.3 is 0 Å². The first-order valence-corrected chi connectivity index (χ1v) is 15.1. The van der Waals surface area contributed by atoms with Gasteiger partial charge in [-0.25, -0.2) is 4.98 Å². The van der Waals surface area contributed by atoms with Gasteiger partial charge in [-0.15, -0.1) is 0 Å². The van der Waals surface area contributed by atoms with Crippen LogP contribution in [0.1, 0.15) is 0 Å². The van der Waals surface area contributed by atoms with Crippen molar-refractivity contribution in [2.75, 3.05) is 0 Å². The molecule has 0 aliphatic rings. The maximum atomic E-state index is 6.32. The van der Waals surface area contributed by atoms with Crippen molar-refractivity contribution in [3.05, 3.63) is 152 Å². The molecule has 0 bridgehead atoms. The molecule has 0 unspecified atom stereocenters. The lowest BCUT2D eigenvalue weighted by Gasteiger charge is -2.11. The van der Waals surface area contributed by atoms with E-state index in [1.165, 1.54) is 5.39 Å². The van der Waals surface area contributed by atoms with E-state index in [0.29, 0.717) is 5.89 Å². The Kier molecular flexibility index (Phi) is 6.03. The minimum Gasteiger partial charge on any atom is -0.436 e. The van der Waals surface area contributed by atoms with Crippen LogP contribution >= 0.6 is 0 Å². The van der Waals surface area contributed by atoms with E-state index in [-0.39, 0.29) is 0 Å². The number of oxazole rings is 1. The Morgan fingerprint density at radius 2 is 1.24 bits per heavy atom. The lowest BCUT2D eigenvalue weighted by Crippen LogP contribution is -1.95. The molecule has 0 N–H and O–H groups in total. The van der Waals surface area contributed by atoms with E-state index in [0.717, 1.165) is 72.3 Å². The first kappa shape index (κ1) is 26.0. The molecule has 46 heavy (non-hydrogen) atoms. The summed E-state index contributed by atoms with van der Waals surface area (Å²) in [6.07, 6.45) is 9.09. The lowest BCUT2D eigenvalue weighted by molar-refractivity contribution is 0.620. The van der Waals surface area contributed by atoms with Crippen LogP contribution in [0, 0.1) is 0 Å². The van der Waals surface area contributed by atoms with E-state index in [2.05, 4.69) is 92.3 Å². The van der Waals surface area contributed by atoms with Crippen molar-refractivity contribution in [3.63, 3.8) is 0 Å². The molecule has 6 heteroatoms. The number of nitrogens with zero attached hydrogens (tertiary/aromatic N) is 5. The third-order valence-corrected chi connectivity index (χ3v) is 8.49. The Bertz CT molecular complexity index is 2520. The molecular formula is C40H25N5O. The quantitative estimate of drug-likeness (QED) is 0.199. The Hall–Kier alpha value is -6.40. The van der Waals surface area contributed by atoms with Gasteiger partial charge in [-0.3, -0.25) is 15.0 Å². The first-order valence-electron chi connectivity index (χ1n) is 15.1. The number of hydrogen-bond acceptors (Lipinski definition) is 5. The van der Waals surface area contributed by atoms with Crippen LogP contribution in [0.4, 0.5) is 0 Å². The number of benzene rings is 4. The van der Waals surface area contributed by atoms with Crippen molar-refractivity contribution >= 4 is 32.9 Å². The van der Waals surface area contributed by atoms with Gasteiger partial charge in [-0.05, 0) is 107 Å². The highest BCUT2D eigenvalue weighted by atomic mass is 16.3. The molecule has 0 atom stereocenters. The number of rotatable bonds is 5. The molecule has 0 aliphatic heterocycles. The predicted molar refractivity (Wildman–Crippen MR) is 183 cm³/mol. The van der Waals surface area contributed by atoms with E-state index in [9.17, 15) is 0 Å². The molecule has 0 spiro atoms. The summed E-state index contributed by atoms with van der Waals surface area (Å²) < 4.78 is 8.64. The highest BCUT2D eigenvalue weighted by molar-refractivity contribution is 6.11. The molecule has 0 amide bonds. The second-order valence-electron chi connectivity index (χ2n) is 11.2. The summed E-state index contributed by atoms with van der Waals surface area (Å²) >= 11 is 0. The molecule has 9 rings (SSSR count). The fourth-order valence-electron chi connectivity index (χ4n) is 6.27. The summed E-state index contributed by atoms with van der Waals surface area (Å²) in [5, 5.41) is 2.31. The smallest absolute Gasteiger partial charge is 0.227 e. The van der Waals surface area contributed by atoms with Crippen LogP contribution < -0.4 is 0 Å². The van der Waals surface area contributed by atoms with Crippen LogP contribution in [0.15, 0.2) is 157 Å². The number of hydrogen-bond donors (Lipinski definition) is 0. The second-order valence-corrected chi connectivity index (χ2v) is 11.2. The molecule has 5 heterocycles. The molecule has 5 aromatic heterocycles. The SMILES string of the molecule is c1ccc(-c2cccc(-n3c4ccc(-c5ccncc5)cc4c4ccc(-c5nc6cc(-c7ccncc7)ccc6o5)cc43)c2)nc1. The number of aromatic nitrogens is 5. The van der Waals surface area contributed by atoms with Crippen LogP contribution in [0.2, 0.25) is 0 Å². The van der Waals surface area contributed by atoms with Gasteiger partial charge in [-0.2, -0.15) is 0 Å². The van der Waals surface area contributed by atoms with E-state index in [1.807, 2.05) is 67.1 Å². The van der Waals surface area contributed by atoms with Gasteiger partial charge in [0.2, 0.25) is 5.89 Å². The van der Waals surface area contributed by atoms with Gasteiger partial charge in [0.25, 0.3) is 0 Å².